The van der Waals surface area contributed by atoms with Crippen LogP contribution in [0.15, 0.2) is 24.3 Å². The van der Waals surface area contributed by atoms with E-state index >= 15 is 0 Å². The second-order valence-corrected chi connectivity index (χ2v) is 4.40. The standard InChI is InChI=1S/C14H13FN2.C2H6/c1-8(2)11-6-10(17)5-9-3-4-13(15)12(7-16)14(9)11;1-2/h3-6,8H,17H2,1-2H3;1-2H3. The van der Waals surface area contributed by atoms with E-state index in [1.165, 1.54) is 6.07 Å². The first-order valence-corrected chi connectivity index (χ1v) is 6.46. The lowest BCUT2D eigenvalue weighted by Gasteiger charge is -2.13. The summed E-state index contributed by atoms with van der Waals surface area (Å²) in [4.78, 5) is 0. The molecule has 2 rings (SSSR count). The monoisotopic (exact) mass is 258 g/mol. The highest BCUT2D eigenvalue weighted by Crippen LogP contribution is 2.31. The summed E-state index contributed by atoms with van der Waals surface area (Å²) in [6.07, 6.45) is 0. The molecule has 0 unspecified atom stereocenters. The quantitative estimate of drug-likeness (QED) is 0.761. The normalized spacial score (nSPS) is 9.95. The van der Waals surface area contributed by atoms with Gasteiger partial charge in [-0.1, -0.05) is 33.8 Å². The van der Waals surface area contributed by atoms with Crippen molar-refractivity contribution in [3.63, 3.8) is 0 Å². The van der Waals surface area contributed by atoms with Crippen molar-refractivity contribution in [1.82, 2.24) is 0 Å². The van der Waals surface area contributed by atoms with Crippen LogP contribution < -0.4 is 5.73 Å². The van der Waals surface area contributed by atoms with Crippen molar-refractivity contribution in [3.05, 3.63) is 41.2 Å². The molecule has 2 aromatic rings. The highest BCUT2D eigenvalue weighted by atomic mass is 19.1. The largest absolute Gasteiger partial charge is 0.399 e. The molecule has 0 aliphatic rings. The SMILES string of the molecule is CC.CC(C)c1cc(N)cc2ccc(F)c(C#N)c12. The van der Waals surface area contributed by atoms with Gasteiger partial charge in [-0.15, -0.1) is 0 Å². The van der Waals surface area contributed by atoms with E-state index in [1.54, 1.807) is 12.1 Å². The molecule has 100 valence electrons. The van der Waals surface area contributed by atoms with Crippen molar-refractivity contribution in [2.45, 2.75) is 33.6 Å². The second-order valence-electron chi connectivity index (χ2n) is 4.40. The Morgan fingerprint density at radius 2 is 1.84 bits per heavy atom. The van der Waals surface area contributed by atoms with Gasteiger partial charge in [0.15, 0.2) is 0 Å². The van der Waals surface area contributed by atoms with Crippen LogP contribution in [0.4, 0.5) is 10.1 Å². The number of nitrogen functional groups attached to an aromatic ring is 1. The van der Waals surface area contributed by atoms with Crippen LogP contribution in [0.3, 0.4) is 0 Å². The van der Waals surface area contributed by atoms with Crippen LogP contribution in [-0.2, 0) is 0 Å². The van der Waals surface area contributed by atoms with Crippen LogP contribution in [-0.4, -0.2) is 0 Å². The number of nitriles is 1. The van der Waals surface area contributed by atoms with Crippen LogP contribution in [0.5, 0.6) is 0 Å². The number of anilines is 1. The lowest BCUT2D eigenvalue weighted by molar-refractivity contribution is 0.626. The topological polar surface area (TPSA) is 49.8 Å². The molecule has 0 aliphatic carbocycles. The first-order chi connectivity index (χ1) is 9.04. The average molecular weight is 258 g/mol. The van der Waals surface area contributed by atoms with Gasteiger partial charge in [-0.2, -0.15) is 5.26 Å². The van der Waals surface area contributed by atoms with E-state index < -0.39 is 5.82 Å². The molecule has 0 spiro atoms. The lowest BCUT2D eigenvalue weighted by atomic mass is 9.92. The maximum Gasteiger partial charge on any atom is 0.141 e. The van der Waals surface area contributed by atoms with Crippen molar-refractivity contribution in [3.8, 4) is 6.07 Å². The number of hydrogen-bond acceptors (Lipinski definition) is 2. The molecule has 0 bridgehead atoms. The molecular weight excluding hydrogens is 239 g/mol. The number of fused-ring (bicyclic) bond motifs is 1. The molecule has 2 aromatic carbocycles. The first-order valence-electron chi connectivity index (χ1n) is 6.46. The maximum absolute atomic E-state index is 13.6. The summed E-state index contributed by atoms with van der Waals surface area (Å²) in [7, 11) is 0. The molecule has 2 N–H and O–H groups in total. The summed E-state index contributed by atoms with van der Waals surface area (Å²) in [5, 5.41) is 10.6. The molecule has 0 saturated carbocycles. The molecule has 2 nitrogen and oxygen atoms in total. The minimum Gasteiger partial charge on any atom is -0.399 e. The molecule has 0 radical (unpaired) electrons. The zero-order valence-electron chi connectivity index (χ0n) is 11.8. The van der Waals surface area contributed by atoms with Gasteiger partial charge in [0.25, 0.3) is 0 Å². The van der Waals surface area contributed by atoms with Gasteiger partial charge in [0, 0.05) is 11.1 Å². The lowest BCUT2D eigenvalue weighted by Crippen LogP contribution is -1.97. The van der Waals surface area contributed by atoms with Crippen molar-refractivity contribution in [1.29, 1.82) is 5.26 Å². The van der Waals surface area contributed by atoms with Gasteiger partial charge in [-0.3, -0.25) is 0 Å². The Kier molecular flexibility index (Phi) is 4.88. The van der Waals surface area contributed by atoms with Gasteiger partial charge in [0.2, 0.25) is 0 Å². The number of rotatable bonds is 1. The Labute approximate surface area is 113 Å². The summed E-state index contributed by atoms with van der Waals surface area (Å²) < 4.78 is 13.6. The van der Waals surface area contributed by atoms with Crippen LogP contribution in [0.25, 0.3) is 10.8 Å². The zero-order valence-corrected chi connectivity index (χ0v) is 11.8. The third-order valence-corrected chi connectivity index (χ3v) is 2.85. The Hall–Kier alpha value is -2.08. The molecule has 0 aromatic heterocycles. The third-order valence-electron chi connectivity index (χ3n) is 2.85. The van der Waals surface area contributed by atoms with Gasteiger partial charge < -0.3 is 5.73 Å². The number of nitrogens with zero attached hydrogens (tertiary/aromatic N) is 1. The van der Waals surface area contributed by atoms with Crippen LogP contribution in [0.2, 0.25) is 0 Å². The fourth-order valence-electron chi connectivity index (χ4n) is 2.06. The Morgan fingerprint density at radius 1 is 1.21 bits per heavy atom. The summed E-state index contributed by atoms with van der Waals surface area (Å²) in [6.45, 7) is 8.00. The van der Waals surface area contributed by atoms with Crippen LogP contribution >= 0.6 is 0 Å². The first kappa shape index (κ1) is 15.0. The van der Waals surface area contributed by atoms with E-state index in [-0.39, 0.29) is 11.5 Å². The molecule has 0 saturated heterocycles. The minimum absolute atomic E-state index is 0.103. The van der Waals surface area contributed by atoms with Gasteiger partial charge in [0.1, 0.15) is 11.9 Å². The van der Waals surface area contributed by atoms with Crippen molar-refractivity contribution >= 4 is 16.5 Å². The predicted octanol–water partition coefficient (Wildman–Crippen LogP) is 4.58. The van der Waals surface area contributed by atoms with Gasteiger partial charge in [-0.05, 0) is 35.1 Å². The van der Waals surface area contributed by atoms with Crippen molar-refractivity contribution in [2.75, 3.05) is 5.73 Å². The Morgan fingerprint density at radius 3 is 2.37 bits per heavy atom. The second kappa shape index (κ2) is 6.19. The molecule has 0 atom stereocenters. The van der Waals surface area contributed by atoms with E-state index in [0.29, 0.717) is 11.1 Å². The number of nitrogens with two attached hydrogens (primary N) is 1. The highest BCUT2D eigenvalue weighted by molar-refractivity contribution is 5.93. The van der Waals surface area contributed by atoms with E-state index in [4.69, 9.17) is 11.0 Å². The van der Waals surface area contributed by atoms with E-state index in [9.17, 15) is 4.39 Å². The fourth-order valence-corrected chi connectivity index (χ4v) is 2.06. The van der Waals surface area contributed by atoms with Crippen molar-refractivity contribution < 1.29 is 4.39 Å². The maximum atomic E-state index is 13.6. The summed E-state index contributed by atoms with van der Waals surface area (Å²) in [5.74, 6) is -0.290. The summed E-state index contributed by atoms with van der Waals surface area (Å²) in [5.41, 5.74) is 7.47. The number of halogens is 1. The molecule has 19 heavy (non-hydrogen) atoms. The third kappa shape index (κ3) is 2.85. The summed E-state index contributed by atoms with van der Waals surface area (Å²) in [6, 6.07) is 8.49. The zero-order chi connectivity index (χ0) is 14.6. The van der Waals surface area contributed by atoms with Gasteiger partial charge >= 0.3 is 0 Å². The number of hydrogen-bond donors (Lipinski definition) is 1. The predicted molar refractivity (Wildman–Crippen MR) is 78.5 cm³/mol. The Bertz CT molecular complexity index is 625. The molecular formula is C16H19FN2. The molecule has 0 fully saturated rings. The molecule has 3 heteroatoms. The van der Waals surface area contributed by atoms with E-state index in [0.717, 1.165) is 10.9 Å². The fraction of sp³-hybridized carbons (Fsp3) is 0.312. The summed E-state index contributed by atoms with van der Waals surface area (Å²) >= 11 is 0. The van der Waals surface area contributed by atoms with Gasteiger partial charge in [-0.25, -0.2) is 4.39 Å². The average Bonchev–Trinajstić information content (AvgIpc) is 2.40. The minimum atomic E-state index is -0.480. The highest BCUT2D eigenvalue weighted by Gasteiger charge is 2.13. The number of benzene rings is 2. The van der Waals surface area contributed by atoms with Crippen LogP contribution in [0.1, 0.15) is 44.7 Å². The smallest absolute Gasteiger partial charge is 0.141 e. The molecule has 0 heterocycles. The van der Waals surface area contributed by atoms with Crippen molar-refractivity contribution in [2.24, 2.45) is 0 Å². The van der Waals surface area contributed by atoms with Crippen LogP contribution in [0, 0.1) is 17.1 Å². The van der Waals surface area contributed by atoms with Gasteiger partial charge in [0.05, 0.1) is 5.56 Å². The molecule has 0 amide bonds. The molecule has 0 aliphatic heterocycles. The van der Waals surface area contributed by atoms with E-state index in [1.807, 2.05) is 39.8 Å². The Balaban J connectivity index is 0.000000861. The van der Waals surface area contributed by atoms with E-state index in [2.05, 4.69) is 0 Å².